The molecular weight excluding hydrogens is 236 g/mol. The molecule has 0 unspecified atom stereocenters. The molecule has 17 heavy (non-hydrogen) atoms. The van der Waals surface area contributed by atoms with Crippen molar-refractivity contribution in [3.8, 4) is 11.5 Å². The third-order valence-corrected chi connectivity index (χ3v) is 2.70. The zero-order chi connectivity index (χ0) is 12.1. The molecule has 2 N–H and O–H groups in total. The first-order valence-electron chi connectivity index (χ1n) is 5.20. The smallest absolute Gasteiger partial charge is 0.276 e. The van der Waals surface area contributed by atoms with E-state index in [1.807, 2.05) is 37.6 Å². The number of hydrogen-bond acceptors (Lipinski definition) is 6. The average molecular weight is 250 g/mol. The van der Waals surface area contributed by atoms with Crippen molar-refractivity contribution >= 4 is 17.4 Å². The molecule has 5 nitrogen and oxygen atoms in total. The lowest BCUT2D eigenvalue weighted by Crippen LogP contribution is -2.16. The molecule has 0 atom stereocenters. The lowest BCUT2D eigenvalue weighted by atomic mass is 10.2. The van der Waals surface area contributed by atoms with Gasteiger partial charge in [-0.15, -0.1) is 10.2 Å². The molecule has 1 aromatic carbocycles. The van der Waals surface area contributed by atoms with Gasteiger partial charge in [-0.1, -0.05) is 11.8 Å². The van der Waals surface area contributed by atoms with Crippen LogP contribution in [0.4, 0.5) is 5.69 Å². The van der Waals surface area contributed by atoms with Gasteiger partial charge in [-0.25, -0.2) is 0 Å². The van der Waals surface area contributed by atoms with Gasteiger partial charge in [-0.3, -0.25) is 0 Å². The summed E-state index contributed by atoms with van der Waals surface area (Å²) in [6.45, 7) is 0.733. The van der Waals surface area contributed by atoms with Gasteiger partial charge < -0.3 is 15.1 Å². The zero-order valence-electron chi connectivity index (χ0n) is 9.73. The minimum Gasteiger partial charge on any atom is -0.411 e. The second kappa shape index (κ2) is 5.70. The summed E-state index contributed by atoms with van der Waals surface area (Å²) in [6, 6.07) is 7.87. The highest BCUT2D eigenvalue weighted by atomic mass is 32.2. The summed E-state index contributed by atoms with van der Waals surface area (Å²) in [4.78, 5) is 0. The fourth-order valence-electron chi connectivity index (χ4n) is 1.33. The van der Waals surface area contributed by atoms with Gasteiger partial charge in [0.2, 0.25) is 5.89 Å². The van der Waals surface area contributed by atoms with Crippen LogP contribution in [0.3, 0.4) is 0 Å². The van der Waals surface area contributed by atoms with Crippen LogP contribution in [0.5, 0.6) is 0 Å². The maximum absolute atomic E-state index is 5.45. The second-order valence-electron chi connectivity index (χ2n) is 3.36. The fraction of sp³-hybridized carbons (Fsp3) is 0.273. The van der Waals surface area contributed by atoms with Gasteiger partial charge in [0.15, 0.2) is 0 Å². The van der Waals surface area contributed by atoms with E-state index in [0.717, 1.165) is 17.9 Å². The van der Waals surface area contributed by atoms with Gasteiger partial charge >= 0.3 is 0 Å². The van der Waals surface area contributed by atoms with Crippen molar-refractivity contribution in [2.75, 3.05) is 25.3 Å². The van der Waals surface area contributed by atoms with Crippen molar-refractivity contribution in [1.29, 1.82) is 0 Å². The van der Waals surface area contributed by atoms with Gasteiger partial charge in [0.05, 0.1) is 6.67 Å². The van der Waals surface area contributed by atoms with Crippen molar-refractivity contribution < 1.29 is 4.42 Å². The highest BCUT2D eigenvalue weighted by molar-refractivity contribution is 7.98. The maximum atomic E-state index is 5.45. The number of nitrogens with one attached hydrogen (secondary N) is 2. The van der Waals surface area contributed by atoms with E-state index in [4.69, 9.17) is 4.42 Å². The van der Waals surface area contributed by atoms with Crippen LogP contribution in [-0.2, 0) is 0 Å². The van der Waals surface area contributed by atoms with Gasteiger partial charge in [-0.05, 0) is 37.6 Å². The van der Waals surface area contributed by atoms with Crippen molar-refractivity contribution in [3.63, 3.8) is 0 Å². The molecule has 2 rings (SSSR count). The van der Waals surface area contributed by atoms with Crippen LogP contribution in [0.1, 0.15) is 0 Å². The molecule has 0 aliphatic carbocycles. The minimum atomic E-state index is 0.550. The normalized spacial score (nSPS) is 10.5. The topological polar surface area (TPSA) is 63.0 Å². The first kappa shape index (κ1) is 11.9. The zero-order valence-corrected chi connectivity index (χ0v) is 10.5. The minimum absolute atomic E-state index is 0.550. The van der Waals surface area contributed by atoms with E-state index < -0.39 is 0 Å². The Hall–Kier alpha value is -1.53. The van der Waals surface area contributed by atoms with Gasteiger partial charge in [-0.2, -0.15) is 0 Å². The number of hydrogen-bond donors (Lipinski definition) is 2. The molecule has 2 aromatic rings. The van der Waals surface area contributed by atoms with E-state index in [2.05, 4.69) is 20.8 Å². The Morgan fingerprint density at radius 1 is 1.24 bits per heavy atom. The first-order valence-corrected chi connectivity index (χ1v) is 6.42. The Morgan fingerprint density at radius 2 is 2.00 bits per heavy atom. The van der Waals surface area contributed by atoms with E-state index in [1.54, 1.807) is 0 Å². The lowest BCUT2D eigenvalue weighted by molar-refractivity contribution is 0.466. The summed E-state index contributed by atoms with van der Waals surface area (Å²) in [5.41, 5.74) is 1.97. The number of aromatic nitrogens is 2. The Balaban J connectivity index is 2.11. The molecule has 0 saturated heterocycles. The standard InChI is InChI=1S/C11H14N4OS/c1-12-7-13-9-5-3-8(4-6-9)10-14-15-11(16-10)17-2/h3-6,12-13H,7H2,1-2H3. The molecule has 1 aromatic heterocycles. The van der Waals surface area contributed by atoms with E-state index in [1.165, 1.54) is 11.8 Å². The Bertz CT molecular complexity index is 469. The molecular formula is C11H14N4OS. The van der Waals surface area contributed by atoms with Crippen LogP contribution in [0.25, 0.3) is 11.5 Å². The molecule has 6 heteroatoms. The van der Waals surface area contributed by atoms with Crippen molar-refractivity contribution in [2.24, 2.45) is 0 Å². The van der Waals surface area contributed by atoms with Crippen LogP contribution >= 0.6 is 11.8 Å². The fourth-order valence-corrected chi connectivity index (χ4v) is 1.61. The lowest BCUT2D eigenvalue weighted by Gasteiger charge is -2.04. The molecule has 0 bridgehead atoms. The summed E-state index contributed by atoms with van der Waals surface area (Å²) in [5, 5.41) is 14.7. The highest BCUT2D eigenvalue weighted by Gasteiger charge is 2.07. The maximum Gasteiger partial charge on any atom is 0.276 e. The van der Waals surface area contributed by atoms with Gasteiger partial charge in [0, 0.05) is 11.3 Å². The monoisotopic (exact) mass is 250 g/mol. The SMILES string of the molecule is CNCNc1ccc(-c2nnc(SC)o2)cc1. The third kappa shape index (κ3) is 2.98. The number of nitrogens with zero attached hydrogens (tertiary/aromatic N) is 2. The predicted octanol–water partition coefficient (Wildman–Crippen LogP) is 2.05. The van der Waals surface area contributed by atoms with E-state index >= 15 is 0 Å². The average Bonchev–Trinajstić information content (AvgIpc) is 2.86. The molecule has 0 saturated carbocycles. The largest absolute Gasteiger partial charge is 0.411 e. The molecule has 0 fully saturated rings. The molecule has 0 radical (unpaired) electrons. The van der Waals surface area contributed by atoms with Crippen LogP contribution in [0.15, 0.2) is 33.9 Å². The van der Waals surface area contributed by atoms with E-state index in [0.29, 0.717) is 11.1 Å². The molecule has 90 valence electrons. The molecule has 0 aliphatic rings. The quantitative estimate of drug-likeness (QED) is 0.625. The molecule has 0 spiro atoms. The summed E-state index contributed by atoms with van der Waals surface area (Å²) in [5.74, 6) is 0.550. The molecule has 0 aliphatic heterocycles. The number of thioether (sulfide) groups is 1. The van der Waals surface area contributed by atoms with Gasteiger partial charge in [0.1, 0.15) is 0 Å². The van der Waals surface area contributed by atoms with E-state index in [9.17, 15) is 0 Å². The Morgan fingerprint density at radius 3 is 2.59 bits per heavy atom. The van der Waals surface area contributed by atoms with E-state index in [-0.39, 0.29) is 0 Å². The van der Waals surface area contributed by atoms with Crippen molar-refractivity contribution in [2.45, 2.75) is 5.22 Å². The Labute approximate surface area is 104 Å². The second-order valence-corrected chi connectivity index (χ2v) is 4.12. The van der Waals surface area contributed by atoms with Crippen LogP contribution < -0.4 is 10.6 Å². The Kier molecular flexibility index (Phi) is 4.00. The summed E-state index contributed by atoms with van der Waals surface area (Å²) in [6.07, 6.45) is 1.90. The summed E-state index contributed by atoms with van der Waals surface area (Å²) in [7, 11) is 1.89. The first-order chi connectivity index (χ1) is 8.33. The highest BCUT2D eigenvalue weighted by Crippen LogP contribution is 2.22. The number of anilines is 1. The molecule has 0 amide bonds. The van der Waals surface area contributed by atoms with Crippen LogP contribution in [0.2, 0.25) is 0 Å². The number of benzene rings is 1. The van der Waals surface area contributed by atoms with Gasteiger partial charge in [0.25, 0.3) is 5.22 Å². The molecule has 1 heterocycles. The number of rotatable bonds is 5. The van der Waals surface area contributed by atoms with Crippen LogP contribution in [0, 0.1) is 0 Å². The van der Waals surface area contributed by atoms with Crippen molar-refractivity contribution in [3.05, 3.63) is 24.3 Å². The van der Waals surface area contributed by atoms with Crippen molar-refractivity contribution in [1.82, 2.24) is 15.5 Å². The summed E-state index contributed by atoms with van der Waals surface area (Å²) < 4.78 is 5.45. The third-order valence-electron chi connectivity index (χ3n) is 2.18. The summed E-state index contributed by atoms with van der Waals surface area (Å²) >= 11 is 1.44. The predicted molar refractivity (Wildman–Crippen MR) is 69.1 cm³/mol. The van der Waals surface area contributed by atoms with Crippen LogP contribution in [-0.4, -0.2) is 30.2 Å².